The van der Waals surface area contributed by atoms with Crippen LogP contribution in [0.3, 0.4) is 0 Å². The molecule has 0 atom stereocenters. The predicted molar refractivity (Wildman–Crippen MR) is 84.1 cm³/mol. The lowest BCUT2D eigenvalue weighted by atomic mass is 10.1. The Hall–Kier alpha value is -2.48. The molecule has 1 N–H and O–H groups in total. The van der Waals surface area contributed by atoms with Crippen molar-refractivity contribution in [3.05, 3.63) is 63.7 Å². The number of anilines is 1. The van der Waals surface area contributed by atoms with Gasteiger partial charge in [0, 0.05) is 16.5 Å². The molecule has 0 aliphatic carbocycles. The summed E-state index contributed by atoms with van der Waals surface area (Å²) in [6.07, 6.45) is 0. The van der Waals surface area contributed by atoms with Crippen LogP contribution in [0.5, 0.6) is 0 Å². The lowest BCUT2D eigenvalue weighted by Gasteiger charge is -2.09. The first-order valence-electron chi connectivity index (χ1n) is 6.48. The van der Waals surface area contributed by atoms with Gasteiger partial charge in [0.1, 0.15) is 0 Å². The maximum atomic E-state index is 12.2. The van der Waals surface area contributed by atoms with Crippen LogP contribution in [0.15, 0.2) is 47.4 Å². The van der Waals surface area contributed by atoms with E-state index in [1.54, 1.807) is 6.07 Å². The van der Waals surface area contributed by atoms with E-state index >= 15 is 0 Å². The van der Waals surface area contributed by atoms with Crippen LogP contribution in [0.2, 0.25) is 0 Å². The molecule has 2 aromatic carbocycles. The molecule has 0 unspecified atom stereocenters. The molecule has 120 valence electrons. The fraction of sp³-hybridized carbons (Fsp3) is 0.133. The highest BCUT2D eigenvalue weighted by atomic mass is 32.2. The van der Waals surface area contributed by atoms with Gasteiger partial charge in [-0.1, -0.05) is 17.8 Å². The van der Waals surface area contributed by atoms with Crippen molar-refractivity contribution in [1.82, 2.24) is 0 Å². The summed E-state index contributed by atoms with van der Waals surface area (Å²) in [6.45, 7) is 1.54. The van der Waals surface area contributed by atoms with Gasteiger partial charge in [-0.15, -0.1) is 0 Å². The fourth-order valence-corrected chi connectivity index (χ4v) is 2.44. The summed E-state index contributed by atoms with van der Waals surface area (Å²) in [5.74, 6) is -3.00. The van der Waals surface area contributed by atoms with Gasteiger partial charge < -0.3 is 5.32 Å². The summed E-state index contributed by atoms with van der Waals surface area (Å²) in [6, 6.07) is 10.1. The quantitative estimate of drug-likeness (QED) is 0.496. The van der Waals surface area contributed by atoms with Crippen molar-refractivity contribution in [1.29, 1.82) is 0 Å². The third-order valence-electron chi connectivity index (χ3n) is 3.09. The van der Waals surface area contributed by atoms with Crippen molar-refractivity contribution in [3.63, 3.8) is 0 Å². The number of nitro benzene ring substituents is 1. The molecule has 0 saturated carbocycles. The first kappa shape index (κ1) is 16.9. The zero-order valence-electron chi connectivity index (χ0n) is 12.0. The van der Waals surface area contributed by atoms with E-state index in [9.17, 15) is 23.7 Å². The van der Waals surface area contributed by atoms with Gasteiger partial charge in [0.15, 0.2) is 0 Å². The van der Waals surface area contributed by atoms with Crippen LogP contribution in [-0.4, -0.2) is 16.6 Å². The minimum absolute atomic E-state index is 0.0912. The Morgan fingerprint density at radius 3 is 2.43 bits per heavy atom. The number of hydrogen-bond donors (Lipinski definition) is 1. The van der Waals surface area contributed by atoms with Crippen molar-refractivity contribution in [2.75, 3.05) is 5.32 Å². The van der Waals surface area contributed by atoms with E-state index in [2.05, 4.69) is 5.32 Å². The molecular formula is C15H12F2N2O3S. The van der Waals surface area contributed by atoms with Crippen molar-refractivity contribution in [2.45, 2.75) is 17.6 Å². The van der Waals surface area contributed by atoms with Gasteiger partial charge in [0.2, 0.25) is 0 Å². The molecule has 8 heteroatoms. The molecule has 0 fully saturated rings. The minimum atomic E-state index is -2.53. The number of alkyl halides is 2. The molecule has 0 radical (unpaired) electrons. The Balaban J connectivity index is 2.16. The Bertz CT molecular complexity index is 736. The van der Waals surface area contributed by atoms with E-state index in [1.807, 2.05) is 0 Å². The fourth-order valence-electron chi connectivity index (χ4n) is 1.94. The van der Waals surface area contributed by atoms with Crippen LogP contribution in [0, 0.1) is 17.0 Å². The van der Waals surface area contributed by atoms with Gasteiger partial charge in [-0.2, -0.15) is 8.78 Å². The Morgan fingerprint density at radius 1 is 1.22 bits per heavy atom. The number of carbonyl (C=O) groups excluding carboxylic acids is 1. The van der Waals surface area contributed by atoms with Crippen molar-refractivity contribution in [3.8, 4) is 0 Å². The second-order valence-electron chi connectivity index (χ2n) is 4.56. The smallest absolute Gasteiger partial charge is 0.288 e. The van der Waals surface area contributed by atoms with Crippen LogP contribution in [0.25, 0.3) is 0 Å². The number of nitrogens with one attached hydrogen (secondary N) is 1. The van der Waals surface area contributed by atoms with Crippen LogP contribution in [0.4, 0.5) is 20.2 Å². The van der Waals surface area contributed by atoms with Gasteiger partial charge in [-0.05, 0) is 37.3 Å². The van der Waals surface area contributed by atoms with Crippen molar-refractivity contribution in [2.24, 2.45) is 0 Å². The SMILES string of the molecule is Cc1c(NC(=O)c2ccc(SC(F)F)cc2)cccc1[N+](=O)[O-]. The topological polar surface area (TPSA) is 72.2 Å². The first-order chi connectivity index (χ1) is 10.9. The average Bonchev–Trinajstić information content (AvgIpc) is 2.49. The molecule has 0 bridgehead atoms. The lowest BCUT2D eigenvalue weighted by Crippen LogP contribution is -2.13. The zero-order valence-corrected chi connectivity index (χ0v) is 12.8. The maximum Gasteiger partial charge on any atom is 0.288 e. The zero-order chi connectivity index (χ0) is 17.0. The van der Waals surface area contributed by atoms with Gasteiger partial charge in [-0.3, -0.25) is 14.9 Å². The minimum Gasteiger partial charge on any atom is -0.321 e. The number of nitro groups is 1. The van der Waals surface area contributed by atoms with E-state index in [1.165, 1.54) is 43.3 Å². The number of nitrogens with zero attached hydrogens (tertiary/aromatic N) is 1. The highest BCUT2D eigenvalue weighted by Gasteiger charge is 2.15. The maximum absolute atomic E-state index is 12.2. The summed E-state index contributed by atoms with van der Waals surface area (Å²) < 4.78 is 24.5. The molecule has 1 amide bonds. The largest absolute Gasteiger partial charge is 0.321 e. The summed E-state index contributed by atoms with van der Waals surface area (Å²) >= 11 is 0.390. The Labute approximate surface area is 134 Å². The number of rotatable bonds is 5. The normalized spacial score (nSPS) is 10.6. The van der Waals surface area contributed by atoms with Crippen LogP contribution in [0.1, 0.15) is 15.9 Å². The van der Waals surface area contributed by atoms with Gasteiger partial charge in [0.05, 0.1) is 16.2 Å². The van der Waals surface area contributed by atoms with Crippen molar-refractivity contribution >= 4 is 29.0 Å². The van der Waals surface area contributed by atoms with E-state index in [0.29, 0.717) is 27.9 Å². The molecular weight excluding hydrogens is 326 g/mol. The Kier molecular flexibility index (Phi) is 5.28. The van der Waals surface area contributed by atoms with Crippen molar-refractivity contribution < 1.29 is 18.5 Å². The number of halogens is 2. The van der Waals surface area contributed by atoms with Crippen LogP contribution < -0.4 is 5.32 Å². The molecule has 2 rings (SSSR count). The van der Waals surface area contributed by atoms with Gasteiger partial charge in [-0.25, -0.2) is 0 Å². The summed E-state index contributed by atoms with van der Waals surface area (Å²) in [4.78, 5) is 22.9. The first-order valence-corrected chi connectivity index (χ1v) is 7.36. The number of amides is 1. The van der Waals surface area contributed by atoms with Crippen LogP contribution in [-0.2, 0) is 0 Å². The van der Waals surface area contributed by atoms with E-state index < -0.39 is 16.6 Å². The number of hydrogen-bond acceptors (Lipinski definition) is 4. The molecule has 0 spiro atoms. The predicted octanol–water partition coefficient (Wildman–Crippen LogP) is 4.47. The van der Waals surface area contributed by atoms with E-state index in [-0.39, 0.29) is 11.3 Å². The van der Waals surface area contributed by atoms with Crippen LogP contribution >= 0.6 is 11.8 Å². The average molecular weight is 338 g/mol. The van der Waals surface area contributed by atoms with Gasteiger partial charge in [0.25, 0.3) is 17.4 Å². The highest BCUT2D eigenvalue weighted by Crippen LogP contribution is 2.27. The molecule has 0 aromatic heterocycles. The highest BCUT2D eigenvalue weighted by molar-refractivity contribution is 7.99. The molecule has 0 saturated heterocycles. The molecule has 0 heterocycles. The molecule has 0 aliphatic rings. The third kappa shape index (κ3) is 4.26. The number of benzene rings is 2. The summed E-state index contributed by atoms with van der Waals surface area (Å²) in [5, 5.41) is 13.5. The second-order valence-corrected chi connectivity index (χ2v) is 5.63. The second kappa shape index (κ2) is 7.19. The molecule has 23 heavy (non-hydrogen) atoms. The molecule has 5 nitrogen and oxygen atoms in total. The molecule has 2 aromatic rings. The van der Waals surface area contributed by atoms with E-state index in [4.69, 9.17) is 0 Å². The third-order valence-corrected chi connectivity index (χ3v) is 3.81. The summed E-state index contributed by atoms with van der Waals surface area (Å²) in [7, 11) is 0. The summed E-state index contributed by atoms with van der Waals surface area (Å²) in [5.41, 5.74) is 0.854. The van der Waals surface area contributed by atoms with Gasteiger partial charge >= 0.3 is 0 Å². The Morgan fingerprint density at radius 2 is 1.87 bits per heavy atom. The lowest BCUT2D eigenvalue weighted by molar-refractivity contribution is -0.385. The monoisotopic (exact) mass is 338 g/mol. The standard InChI is InChI=1S/C15H12F2N2O3S/c1-9-12(3-2-4-13(9)19(21)22)18-14(20)10-5-7-11(8-6-10)23-15(16)17/h2-8,15H,1H3,(H,18,20). The number of thioether (sulfide) groups is 1. The number of carbonyl (C=O) groups is 1. The van der Waals surface area contributed by atoms with E-state index in [0.717, 1.165) is 0 Å². The molecule has 0 aliphatic heterocycles.